The minimum absolute atomic E-state index is 0.0618. The van der Waals surface area contributed by atoms with Gasteiger partial charge in [-0.2, -0.15) is 5.10 Å². The van der Waals surface area contributed by atoms with E-state index >= 15 is 0 Å². The highest BCUT2D eigenvalue weighted by atomic mass is 35.5. The first-order valence-corrected chi connectivity index (χ1v) is 9.40. The molecule has 1 saturated carbocycles. The van der Waals surface area contributed by atoms with Gasteiger partial charge in [0.05, 0.1) is 17.0 Å². The molecule has 1 aliphatic rings. The van der Waals surface area contributed by atoms with Crippen molar-refractivity contribution < 1.29 is 8.42 Å². The summed E-state index contributed by atoms with van der Waals surface area (Å²) < 4.78 is 24.0. The largest absolute Gasteiger partial charge is 0.376 e. The van der Waals surface area contributed by atoms with Crippen LogP contribution in [0.15, 0.2) is 11.0 Å². The molecule has 118 valence electrons. The summed E-state index contributed by atoms with van der Waals surface area (Å²) in [6.45, 7) is 2.29. The highest BCUT2D eigenvalue weighted by Crippen LogP contribution is 2.27. The maximum atomic E-state index is 12.4. The number of sulfone groups is 1. The molecular formula is C13H20ClN3O3S. The summed E-state index contributed by atoms with van der Waals surface area (Å²) in [4.78, 5) is 12.4. The normalized spacial score (nSPS) is 17.3. The van der Waals surface area contributed by atoms with Crippen LogP contribution in [-0.2, 0) is 16.4 Å². The molecule has 0 bridgehead atoms. The topological polar surface area (TPSA) is 81.1 Å². The first-order valence-electron chi connectivity index (χ1n) is 6.96. The number of hydrogen-bond acceptors (Lipinski definition) is 5. The van der Waals surface area contributed by atoms with E-state index in [1.807, 2.05) is 0 Å². The predicted octanol–water partition coefficient (Wildman–Crippen LogP) is 1.54. The average molecular weight is 334 g/mol. The van der Waals surface area contributed by atoms with Gasteiger partial charge in [0, 0.05) is 18.8 Å². The standard InChI is InChI=1S/C13H20ClN3O3S/c1-9(8-21(2,19)20)16-12-11(14)6-15-17(13(12)18)7-10-4-3-5-10/h6,9-10,16H,3-5,7-8H2,1-2H3. The van der Waals surface area contributed by atoms with Crippen molar-refractivity contribution in [3.05, 3.63) is 21.6 Å². The molecule has 0 amide bonds. The smallest absolute Gasteiger partial charge is 0.291 e. The summed E-state index contributed by atoms with van der Waals surface area (Å²) in [5.41, 5.74) is -0.0723. The SMILES string of the molecule is CC(CS(C)(=O)=O)Nc1c(Cl)cnn(CC2CCC2)c1=O. The highest BCUT2D eigenvalue weighted by Gasteiger charge is 2.21. The van der Waals surface area contributed by atoms with Crippen molar-refractivity contribution in [3.8, 4) is 0 Å². The van der Waals surface area contributed by atoms with Crippen molar-refractivity contribution in [2.24, 2.45) is 5.92 Å². The van der Waals surface area contributed by atoms with E-state index in [0.717, 1.165) is 19.1 Å². The Hall–Kier alpha value is -1.08. The van der Waals surface area contributed by atoms with Gasteiger partial charge in [-0.1, -0.05) is 18.0 Å². The number of nitrogens with zero attached hydrogens (tertiary/aromatic N) is 2. The number of anilines is 1. The lowest BCUT2D eigenvalue weighted by Gasteiger charge is -2.25. The molecule has 2 rings (SSSR count). The molecule has 1 heterocycles. The van der Waals surface area contributed by atoms with Crippen LogP contribution in [0.2, 0.25) is 5.02 Å². The Morgan fingerprint density at radius 3 is 2.71 bits per heavy atom. The van der Waals surface area contributed by atoms with Crippen LogP contribution >= 0.6 is 11.6 Å². The summed E-state index contributed by atoms with van der Waals surface area (Å²) >= 11 is 6.01. The van der Waals surface area contributed by atoms with E-state index in [1.54, 1.807) is 6.92 Å². The van der Waals surface area contributed by atoms with Crippen molar-refractivity contribution in [3.63, 3.8) is 0 Å². The zero-order valence-electron chi connectivity index (χ0n) is 12.2. The van der Waals surface area contributed by atoms with Crippen molar-refractivity contribution in [2.75, 3.05) is 17.3 Å². The molecule has 6 nitrogen and oxygen atoms in total. The Labute approximate surface area is 129 Å². The lowest BCUT2D eigenvalue weighted by atomic mass is 9.85. The maximum Gasteiger partial charge on any atom is 0.291 e. The monoisotopic (exact) mass is 333 g/mol. The zero-order chi connectivity index (χ0) is 15.6. The summed E-state index contributed by atoms with van der Waals surface area (Å²) in [6.07, 6.45) is 6.02. The van der Waals surface area contributed by atoms with Gasteiger partial charge in [0.1, 0.15) is 15.5 Å². The molecule has 0 aromatic carbocycles. The summed E-state index contributed by atoms with van der Waals surface area (Å²) in [7, 11) is -3.12. The first kappa shape index (κ1) is 16.3. The van der Waals surface area contributed by atoms with E-state index in [-0.39, 0.29) is 22.0 Å². The molecule has 0 spiro atoms. The quantitative estimate of drug-likeness (QED) is 0.854. The van der Waals surface area contributed by atoms with Gasteiger partial charge in [-0.3, -0.25) is 4.79 Å². The van der Waals surface area contributed by atoms with Gasteiger partial charge in [-0.05, 0) is 25.7 Å². The molecule has 0 aliphatic heterocycles. The number of hydrogen-bond donors (Lipinski definition) is 1. The molecule has 1 N–H and O–H groups in total. The van der Waals surface area contributed by atoms with Crippen molar-refractivity contribution in [1.29, 1.82) is 0 Å². The first-order chi connectivity index (χ1) is 9.76. The Morgan fingerprint density at radius 2 is 2.19 bits per heavy atom. The van der Waals surface area contributed by atoms with Crippen molar-refractivity contribution in [1.82, 2.24) is 9.78 Å². The maximum absolute atomic E-state index is 12.4. The van der Waals surface area contributed by atoms with Crippen LogP contribution in [-0.4, -0.2) is 36.2 Å². The molecule has 0 saturated heterocycles. The van der Waals surface area contributed by atoms with Gasteiger partial charge in [0.15, 0.2) is 0 Å². The van der Waals surface area contributed by atoms with Crippen LogP contribution in [0.1, 0.15) is 26.2 Å². The number of aromatic nitrogens is 2. The molecule has 8 heteroatoms. The molecule has 1 aliphatic carbocycles. The zero-order valence-corrected chi connectivity index (χ0v) is 13.7. The predicted molar refractivity (Wildman–Crippen MR) is 83.6 cm³/mol. The fourth-order valence-electron chi connectivity index (χ4n) is 2.39. The molecule has 1 atom stereocenters. The molecule has 1 aromatic heterocycles. The minimum Gasteiger partial charge on any atom is -0.376 e. The summed E-state index contributed by atoms with van der Waals surface area (Å²) in [5, 5.41) is 7.17. The lowest BCUT2D eigenvalue weighted by Crippen LogP contribution is -2.34. The van der Waals surface area contributed by atoms with Gasteiger partial charge >= 0.3 is 0 Å². The Balaban J connectivity index is 2.17. The highest BCUT2D eigenvalue weighted by molar-refractivity contribution is 7.90. The number of halogens is 1. The Morgan fingerprint density at radius 1 is 1.52 bits per heavy atom. The summed E-state index contributed by atoms with van der Waals surface area (Å²) in [5.74, 6) is 0.436. The van der Waals surface area contributed by atoms with Crippen LogP contribution in [0.5, 0.6) is 0 Å². The third kappa shape index (κ3) is 4.44. The van der Waals surface area contributed by atoms with E-state index in [4.69, 9.17) is 11.6 Å². The van der Waals surface area contributed by atoms with E-state index in [1.165, 1.54) is 17.3 Å². The Bertz CT molecular complexity index is 668. The van der Waals surface area contributed by atoms with Crippen molar-refractivity contribution >= 4 is 27.1 Å². The second-order valence-corrected chi connectivity index (χ2v) is 8.38. The van der Waals surface area contributed by atoms with E-state index in [2.05, 4.69) is 10.4 Å². The number of rotatable bonds is 6. The molecule has 1 unspecified atom stereocenters. The molecule has 0 radical (unpaired) electrons. The van der Waals surface area contributed by atoms with E-state index in [0.29, 0.717) is 12.5 Å². The molecule has 1 aromatic rings. The number of nitrogens with one attached hydrogen (secondary N) is 1. The van der Waals surface area contributed by atoms with Gasteiger partial charge in [-0.25, -0.2) is 13.1 Å². The second kappa shape index (κ2) is 6.36. The van der Waals surface area contributed by atoms with Gasteiger partial charge in [0.2, 0.25) is 0 Å². The van der Waals surface area contributed by atoms with Crippen LogP contribution < -0.4 is 10.9 Å². The fourth-order valence-corrected chi connectivity index (χ4v) is 3.56. The van der Waals surface area contributed by atoms with Gasteiger partial charge in [0.25, 0.3) is 5.56 Å². The Kier molecular flexibility index (Phi) is 4.93. The fraction of sp³-hybridized carbons (Fsp3) is 0.692. The van der Waals surface area contributed by atoms with Crippen LogP contribution in [0.4, 0.5) is 5.69 Å². The van der Waals surface area contributed by atoms with Crippen LogP contribution in [0, 0.1) is 5.92 Å². The van der Waals surface area contributed by atoms with Crippen LogP contribution in [0.3, 0.4) is 0 Å². The van der Waals surface area contributed by atoms with E-state index in [9.17, 15) is 13.2 Å². The molecule has 1 fully saturated rings. The molecular weight excluding hydrogens is 314 g/mol. The third-order valence-electron chi connectivity index (χ3n) is 3.60. The lowest BCUT2D eigenvalue weighted by molar-refractivity contribution is 0.262. The average Bonchev–Trinajstić information content (AvgIpc) is 2.29. The second-order valence-electron chi connectivity index (χ2n) is 5.79. The van der Waals surface area contributed by atoms with Gasteiger partial charge < -0.3 is 5.32 Å². The summed E-state index contributed by atoms with van der Waals surface area (Å²) in [6, 6.07) is -0.398. The van der Waals surface area contributed by atoms with Crippen LogP contribution in [0.25, 0.3) is 0 Å². The third-order valence-corrected chi connectivity index (χ3v) is 4.99. The van der Waals surface area contributed by atoms with Crippen molar-refractivity contribution in [2.45, 2.75) is 38.8 Å². The van der Waals surface area contributed by atoms with E-state index < -0.39 is 15.9 Å². The van der Waals surface area contributed by atoms with Gasteiger partial charge in [-0.15, -0.1) is 0 Å². The molecule has 21 heavy (non-hydrogen) atoms. The minimum atomic E-state index is -3.12.